The summed E-state index contributed by atoms with van der Waals surface area (Å²) in [4.78, 5) is 0. The van der Waals surface area contributed by atoms with Crippen molar-refractivity contribution in [2.24, 2.45) is 23.2 Å². The molecule has 3 rings (SSSR count). The first-order valence-corrected chi connectivity index (χ1v) is 12.0. The van der Waals surface area contributed by atoms with E-state index in [0.29, 0.717) is 30.2 Å². The van der Waals surface area contributed by atoms with Crippen LogP contribution in [0.25, 0.3) is 11.4 Å². The zero-order chi connectivity index (χ0) is 26.2. The maximum absolute atomic E-state index is 9.66. The second kappa shape index (κ2) is 12.2. The third-order valence-corrected chi connectivity index (χ3v) is 6.31. The van der Waals surface area contributed by atoms with Crippen molar-refractivity contribution in [1.82, 2.24) is 10.0 Å². The summed E-state index contributed by atoms with van der Waals surface area (Å²) in [7, 11) is 0. The van der Waals surface area contributed by atoms with Gasteiger partial charge in [-0.1, -0.05) is 54.6 Å². The van der Waals surface area contributed by atoms with Gasteiger partial charge in [0.15, 0.2) is 0 Å². The lowest BCUT2D eigenvalue weighted by Gasteiger charge is -2.16. The fourth-order valence-electron chi connectivity index (χ4n) is 3.84. The molecule has 0 aliphatic rings. The van der Waals surface area contributed by atoms with E-state index in [1.807, 2.05) is 43.3 Å². The fourth-order valence-corrected chi connectivity index (χ4v) is 3.84. The van der Waals surface area contributed by atoms with Gasteiger partial charge in [0.05, 0.1) is 11.4 Å². The number of hydrazine groups is 2. The van der Waals surface area contributed by atoms with Crippen molar-refractivity contribution in [1.29, 1.82) is 0 Å². The van der Waals surface area contributed by atoms with Crippen LogP contribution < -0.4 is 23.2 Å². The summed E-state index contributed by atoms with van der Waals surface area (Å²) in [5, 5.41) is 12.9. The maximum atomic E-state index is 9.66. The predicted molar refractivity (Wildman–Crippen MR) is 149 cm³/mol. The Labute approximate surface area is 214 Å². The first kappa shape index (κ1) is 26.7. The Morgan fingerprint density at radius 3 is 1.56 bits per heavy atom. The molecule has 7 nitrogen and oxygen atoms in total. The summed E-state index contributed by atoms with van der Waals surface area (Å²) >= 11 is 0. The summed E-state index contributed by atoms with van der Waals surface area (Å²) in [5.41, 5.74) is 21.2. The fraction of sp³-hybridized carbons (Fsp3) is 0.241. The Balaban J connectivity index is 1.55. The minimum atomic E-state index is 0.294. The van der Waals surface area contributed by atoms with E-state index in [1.165, 1.54) is 16.7 Å². The molecule has 3 aromatic carbocycles. The van der Waals surface area contributed by atoms with Gasteiger partial charge < -0.3 is 26.6 Å². The number of nitrogens with zero attached hydrogens (tertiary/aromatic N) is 2. The molecule has 36 heavy (non-hydrogen) atoms. The molecule has 0 heterocycles. The second-order valence-corrected chi connectivity index (χ2v) is 9.26. The van der Waals surface area contributed by atoms with E-state index in [4.69, 9.17) is 23.2 Å². The van der Waals surface area contributed by atoms with Gasteiger partial charge in [0.2, 0.25) is 0 Å². The second-order valence-electron chi connectivity index (χ2n) is 9.26. The van der Waals surface area contributed by atoms with E-state index in [0.717, 1.165) is 35.1 Å². The van der Waals surface area contributed by atoms with Crippen LogP contribution in [0.15, 0.2) is 73.1 Å². The average Bonchev–Trinajstić information content (AvgIpc) is 2.85. The van der Waals surface area contributed by atoms with Crippen LogP contribution in [0.4, 0.5) is 0 Å². The SMILES string of the molecule is Cc1ccc(CCN(N)/C=C(\N)c2ccc(/C(N)=C/N(N)CCc3ccc(O)c(C)c3)cc2)cc1C. The Hall–Kier alpha value is -3.94. The molecule has 9 N–H and O–H groups in total. The lowest BCUT2D eigenvalue weighted by atomic mass is 10.0. The Bertz CT molecular complexity index is 1140. The van der Waals surface area contributed by atoms with E-state index < -0.39 is 0 Å². The van der Waals surface area contributed by atoms with Crippen molar-refractivity contribution in [2.75, 3.05) is 13.1 Å². The molecule has 3 aromatic rings. The minimum Gasteiger partial charge on any atom is -0.508 e. The number of aromatic hydroxyl groups is 1. The molecule has 0 aliphatic carbocycles. The zero-order valence-electron chi connectivity index (χ0n) is 21.4. The van der Waals surface area contributed by atoms with Crippen LogP contribution in [0.5, 0.6) is 5.75 Å². The summed E-state index contributed by atoms with van der Waals surface area (Å²) in [5.74, 6) is 12.6. The number of hydrogen-bond donors (Lipinski definition) is 5. The molecule has 0 amide bonds. The van der Waals surface area contributed by atoms with Gasteiger partial charge in [-0.25, -0.2) is 11.7 Å². The van der Waals surface area contributed by atoms with Crippen molar-refractivity contribution in [2.45, 2.75) is 33.6 Å². The van der Waals surface area contributed by atoms with Crippen LogP contribution in [0.1, 0.15) is 38.9 Å². The van der Waals surface area contributed by atoms with Crippen molar-refractivity contribution in [3.05, 3.63) is 112 Å². The first-order valence-electron chi connectivity index (χ1n) is 12.0. The van der Waals surface area contributed by atoms with E-state index in [2.05, 4.69) is 32.0 Å². The topological polar surface area (TPSA) is 131 Å². The van der Waals surface area contributed by atoms with E-state index >= 15 is 0 Å². The summed E-state index contributed by atoms with van der Waals surface area (Å²) in [6, 6.07) is 19.7. The molecule has 0 radical (unpaired) electrons. The number of phenols is 1. The van der Waals surface area contributed by atoms with Gasteiger partial charge in [0.25, 0.3) is 0 Å². The molecule has 7 heteroatoms. The highest BCUT2D eigenvalue weighted by Gasteiger charge is 2.05. The number of phenolic OH excluding ortho intramolecular Hbond substituents is 1. The maximum Gasteiger partial charge on any atom is 0.118 e. The molecule has 0 fully saturated rings. The molecule has 0 aliphatic heterocycles. The smallest absolute Gasteiger partial charge is 0.118 e. The number of nitrogens with two attached hydrogens (primary N) is 4. The molecule has 0 spiro atoms. The van der Waals surface area contributed by atoms with Crippen LogP contribution >= 0.6 is 0 Å². The van der Waals surface area contributed by atoms with Gasteiger partial charge >= 0.3 is 0 Å². The number of rotatable bonds is 10. The van der Waals surface area contributed by atoms with Gasteiger partial charge in [0.1, 0.15) is 5.75 Å². The van der Waals surface area contributed by atoms with Crippen LogP contribution in [-0.4, -0.2) is 28.2 Å². The third kappa shape index (κ3) is 7.53. The van der Waals surface area contributed by atoms with Crippen molar-refractivity contribution >= 4 is 11.4 Å². The predicted octanol–water partition coefficient (Wildman–Crippen LogP) is 3.67. The Kier molecular flexibility index (Phi) is 9.00. The van der Waals surface area contributed by atoms with Crippen LogP contribution in [-0.2, 0) is 12.8 Å². The highest BCUT2D eigenvalue weighted by Crippen LogP contribution is 2.18. The van der Waals surface area contributed by atoms with Gasteiger partial charge in [-0.3, -0.25) is 0 Å². The third-order valence-electron chi connectivity index (χ3n) is 6.31. The molecule has 0 bridgehead atoms. The number of benzene rings is 3. The molecule has 190 valence electrons. The van der Waals surface area contributed by atoms with E-state index in [9.17, 15) is 5.11 Å². The van der Waals surface area contributed by atoms with Crippen molar-refractivity contribution in [3.8, 4) is 5.75 Å². The van der Waals surface area contributed by atoms with Crippen LogP contribution in [0, 0.1) is 20.8 Å². The van der Waals surface area contributed by atoms with Gasteiger partial charge in [0, 0.05) is 25.5 Å². The Morgan fingerprint density at radius 1 is 0.667 bits per heavy atom. The van der Waals surface area contributed by atoms with Crippen molar-refractivity contribution in [3.63, 3.8) is 0 Å². The Morgan fingerprint density at radius 2 is 1.11 bits per heavy atom. The monoisotopic (exact) mass is 486 g/mol. The number of hydrogen-bond acceptors (Lipinski definition) is 7. The highest BCUT2D eigenvalue weighted by molar-refractivity contribution is 5.67. The van der Waals surface area contributed by atoms with Crippen LogP contribution in [0.2, 0.25) is 0 Å². The molecule has 0 atom stereocenters. The molecular weight excluding hydrogens is 448 g/mol. The lowest BCUT2D eigenvalue weighted by molar-refractivity contribution is 0.399. The zero-order valence-corrected chi connectivity index (χ0v) is 21.4. The van der Waals surface area contributed by atoms with E-state index in [-0.39, 0.29) is 0 Å². The normalized spacial score (nSPS) is 12.0. The summed E-state index contributed by atoms with van der Waals surface area (Å²) < 4.78 is 0. The van der Waals surface area contributed by atoms with Crippen LogP contribution in [0.3, 0.4) is 0 Å². The number of aryl methyl sites for hydroxylation is 3. The molecule has 0 unspecified atom stereocenters. The molecular formula is C29H38N6O. The molecule has 0 saturated carbocycles. The standard InChI is InChI=1S/C29H38N6O/c1-20-4-5-23(16-21(20)2)12-14-34(32)18-27(30)25-7-9-26(10-8-25)28(31)19-35(33)15-13-24-6-11-29(36)22(3)17-24/h4-11,16-19,36H,12-15,30-33H2,1-3H3/b27-18-,28-19-. The highest BCUT2D eigenvalue weighted by atomic mass is 16.3. The lowest BCUT2D eigenvalue weighted by Crippen LogP contribution is -2.28. The average molecular weight is 487 g/mol. The first-order chi connectivity index (χ1) is 17.1. The summed E-state index contributed by atoms with van der Waals surface area (Å²) in [6.45, 7) is 7.35. The van der Waals surface area contributed by atoms with Crippen molar-refractivity contribution < 1.29 is 5.11 Å². The van der Waals surface area contributed by atoms with Gasteiger partial charge in [-0.2, -0.15) is 0 Å². The van der Waals surface area contributed by atoms with Gasteiger partial charge in [-0.05, 0) is 78.6 Å². The largest absolute Gasteiger partial charge is 0.508 e. The summed E-state index contributed by atoms with van der Waals surface area (Å²) in [6.07, 6.45) is 5.04. The molecule has 0 aromatic heterocycles. The van der Waals surface area contributed by atoms with Gasteiger partial charge in [-0.15, -0.1) is 0 Å². The molecule has 0 saturated heterocycles. The quantitative estimate of drug-likeness (QED) is 0.218. The minimum absolute atomic E-state index is 0.294. The van der Waals surface area contributed by atoms with E-state index in [1.54, 1.807) is 28.5 Å².